The highest BCUT2D eigenvalue weighted by Gasteiger charge is 2.02. The first-order valence-electron chi connectivity index (χ1n) is 5.37. The van der Waals surface area contributed by atoms with Crippen LogP contribution in [0.2, 0.25) is 0 Å². The van der Waals surface area contributed by atoms with E-state index in [2.05, 4.69) is 10.6 Å². The predicted octanol–water partition coefficient (Wildman–Crippen LogP) is 1.25. The van der Waals surface area contributed by atoms with Crippen molar-refractivity contribution < 1.29 is 14.3 Å². The van der Waals surface area contributed by atoms with Crippen molar-refractivity contribution >= 4 is 11.6 Å². The highest BCUT2D eigenvalue weighted by atomic mass is 16.5. The van der Waals surface area contributed by atoms with Gasteiger partial charge < -0.3 is 20.1 Å². The summed E-state index contributed by atoms with van der Waals surface area (Å²) in [6.45, 7) is 0.565. The van der Waals surface area contributed by atoms with Gasteiger partial charge in [-0.1, -0.05) is 0 Å². The fourth-order valence-corrected chi connectivity index (χ4v) is 1.35. The van der Waals surface area contributed by atoms with Gasteiger partial charge in [-0.2, -0.15) is 0 Å². The first kappa shape index (κ1) is 13.2. The zero-order valence-electron chi connectivity index (χ0n) is 10.4. The van der Waals surface area contributed by atoms with Gasteiger partial charge in [0.25, 0.3) is 0 Å². The zero-order valence-corrected chi connectivity index (χ0v) is 10.4. The molecule has 0 aromatic heterocycles. The number of methoxy groups -OCH3 is 2. The van der Waals surface area contributed by atoms with E-state index in [0.29, 0.717) is 24.5 Å². The van der Waals surface area contributed by atoms with Crippen molar-refractivity contribution in [3.05, 3.63) is 18.2 Å². The molecular formula is C12H18N2O3. The van der Waals surface area contributed by atoms with Gasteiger partial charge in [0.1, 0.15) is 11.5 Å². The molecule has 0 heterocycles. The lowest BCUT2D eigenvalue weighted by molar-refractivity contribution is -0.120. The molecule has 0 radical (unpaired) electrons. The van der Waals surface area contributed by atoms with Crippen LogP contribution < -0.4 is 20.1 Å². The molecular weight excluding hydrogens is 220 g/mol. The number of carbonyl (C=O) groups is 1. The summed E-state index contributed by atoms with van der Waals surface area (Å²) in [6, 6.07) is 5.50. The average molecular weight is 238 g/mol. The molecule has 0 saturated heterocycles. The molecule has 0 saturated carbocycles. The molecule has 0 spiro atoms. The standard InChI is InChI=1S/C12H18N2O3/c1-13-12(15)4-5-14-9-6-10(16-2)8-11(7-9)17-3/h6-8,14H,4-5H2,1-3H3,(H,13,15). The minimum Gasteiger partial charge on any atom is -0.497 e. The lowest BCUT2D eigenvalue weighted by Gasteiger charge is -2.10. The van der Waals surface area contributed by atoms with E-state index >= 15 is 0 Å². The number of nitrogens with one attached hydrogen (secondary N) is 2. The Morgan fingerprint density at radius 3 is 2.24 bits per heavy atom. The molecule has 0 atom stereocenters. The monoisotopic (exact) mass is 238 g/mol. The van der Waals surface area contributed by atoms with E-state index in [1.807, 2.05) is 12.1 Å². The summed E-state index contributed by atoms with van der Waals surface area (Å²) in [7, 11) is 4.82. The Morgan fingerprint density at radius 1 is 1.18 bits per heavy atom. The molecule has 94 valence electrons. The summed E-state index contributed by atoms with van der Waals surface area (Å²) in [5.74, 6) is 1.44. The number of hydrogen-bond acceptors (Lipinski definition) is 4. The predicted molar refractivity (Wildman–Crippen MR) is 66.7 cm³/mol. The van der Waals surface area contributed by atoms with Gasteiger partial charge >= 0.3 is 0 Å². The van der Waals surface area contributed by atoms with Crippen molar-refractivity contribution in [1.29, 1.82) is 0 Å². The fraction of sp³-hybridized carbons (Fsp3) is 0.417. The molecule has 0 fully saturated rings. The van der Waals surface area contributed by atoms with Crippen molar-refractivity contribution in [2.75, 3.05) is 33.1 Å². The smallest absolute Gasteiger partial charge is 0.221 e. The van der Waals surface area contributed by atoms with Crippen molar-refractivity contribution in [2.45, 2.75) is 6.42 Å². The van der Waals surface area contributed by atoms with Crippen LogP contribution in [-0.2, 0) is 4.79 Å². The summed E-state index contributed by atoms with van der Waals surface area (Å²) in [6.07, 6.45) is 0.427. The molecule has 0 bridgehead atoms. The van der Waals surface area contributed by atoms with Crippen LogP contribution in [0.15, 0.2) is 18.2 Å². The first-order valence-corrected chi connectivity index (χ1v) is 5.37. The largest absolute Gasteiger partial charge is 0.497 e. The van der Waals surface area contributed by atoms with E-state index in [4.69, 9.17) is 9.47 Å². The number of hydrogen-bond donors (Lipinski definition) is 2. The van der Waals surface area contributed by atoms with Crippen molar-refractivity contribution in [3.63, 3.8) is 0 Å². The first-order chi connectivity index (χ1) is 8.19. The molecule has 17 heavy (non-hydrogen) atoms. The van der Waals surface area contributed by atoms with Gasteiger partial charge in [0.2, 0.25) is 5.91 Å². The molecule has 0 aliphatic heterocycles. The minimum atomic E-state index is 0.00682. The average Bonchev–Trinajstić information content (AvgIpc) is 2.37. The van der Waals surface area contributed by atoms with Gasteiger partial charge in [-0.15, -0.1) is 0 Å². The molecule has 1 rings (SSSR count). The lowest BCUT2D eigenvalue weighted by atomic mass is 10.2. The fourth-order valence-electron chi connectivity index (χ4n) is 1.35. The maximum Gasteiger partial charge on any atom is 0.221 e. The van der Waals surface area contributed by atoms with Crippen LogP contribution in [0.3, 0.4) is 0 Å². The van der Waals surface area contributed by atoms with Gasteiger partial charge in [0, 0.05) is 43.9 Å². The SMILES string of the molecule is CNC(=O)CCNc1cc(OC)cc(OC)c1. The quantitative estimate of drug-likeness (QED) is 0.783. The number of ether oxygens (including phenoxy) is 2. The highest BCUT2D eigenvalue weighted by Crippen LogP contribution is 2.25. The molecule has 5 heteroatoms. The van der Waals surface area contributed by atoms with Crippen LogP contribution in [0.1, 0.15) is 6.42 Å². The van der Waals surface area contributed by atoms with E-state index in [9.17, 15) is 4.79 Å². The van der Waals surface area contributed by atoms with Crippen LogP contribution in [0.4, 0.5) is 5.69 Å². The van der Waals surface area contributed by atoms with Gasteiger partial charge in [-0.3, -0.25) is 4.79 Å². The summed E-state index contributed by atoms with van der Waals surface area (Å²) < 4.78 is 10.3. The third-order valence-corrected chi connectivity index (χ3v) is 2.31. The van der Waals surface area contributed by atoms with Crippen LogP contribution >= 0.6 is 0 Å². The third kappa shape index (κ3) is 4.22. The number of benzene rings is 1. The van der Waals surface area contributed by atoms with Crippen LogP contribution in [-0.4, -0.2) is 33.7 Å². The van der Waals surface area contributed by atoms with Gasteiger partial charge in [0.15, 0.2) is 0 Å². The Kier molecular flexibility index (Phi) is 5.13. The second-order valence-corrected chi connectivity index (χ2v) is 3.45. The van der Waals surface area contributed by atoms with Crippen molar-refractivity contribution in [1.82, 2.24) is 5.32 Å². The van der Waals surface area contributed by atoms with Gasteiger partial charge in [-0.25, -0.2) is 0 Å². The normalized spacial score (nSPS) is 9.59. The topological polar surface area (TPSA) is 59.6 Å². The van der Waals surface area contributed by atoms with Crippen LogP contribution in [0.25, 0.3) is 0 Å². The van der Waals surface area contributed by atoms with E-state index < -0.39 is 0 Å². The number of carbonyl (C=O) groups excluding carboxylic acids is 1. The second-order valence-electron chi connectivity index (χ2n) is 3.45. The maximum atomic E-state index is 11.0. The molecule has 0 aliphatic carbocycles. The number of anilines is 1. The summed E-state index contributed by atoms with van der Waals surface area (Å²) in [5, 5.41) is 5.71. The number of rotatable bonds is 6. The molecule has 0 aliphatic rings. The van der Waals surface area contributed by atoms with E-state index in [0.717, 1.165) is 5.69 Å². The van der Waals surface area contributed by atoms with Crippen molar-refractivity contribution in [2.24, 2.45) is 0 Å². The molecule has 2 N–H and O–H groups in total. The molecule has 5 nitrogen and oxygen atoms in total. The maximum absolute atomic E-state index is 11.0. The third-order valence-electron chi connectivity index (χ3n) is 2.31. The second kappa shape index (κ2) is 6.62. The Labute approximate surface area is 101 Å². The van der Waals surface area contributed by atoms with Crippen molar-refractivity contribution in [3.8, 4) is 11.5 Å². The van der Waals surface area contributed by atoms with E-state index in [-0.39, 0.29) is 5.91 Å². The van der Waals surface area contributed by atoms with Gasteiger partial charge in [0.05, 0.1) is 14.2 Å². The highest BCUT2D eigenvalue weighted by molar-refractivity contribution is 5.76. The summed E-state index contributed by atoms with van der Waals surface area (Å²) >= 11 is 0. The Balaban J connectivity index is 2.60. The molecule has 1 amide bonds. The zero-order chi connectivity index (χ0) is 12.7. The molecule has 1 aromatic carbocycles. The Hall–Kier alpha value is -1.91. The van der Waals surface area contributed by atoms with Crippen LogP contribution in [0.5, 0.6) is 11.5 Å². The van der Waals surface area contributed by atoms with E-state index in [1.54, 1.807) is 27.3 Å². The summed E-state index contributed by atoms with van der Waals surface area (Å²) in [4.78, 5) is 11.0. The molecule has 1 aromatic rings. The number of amides is 1. The lowest BCUT2D eigenvalue weighted by Crippen LogP contribution is -2.20. The van der Waals surface area contributed by atoms with E-state index in [1.165, 1.54) is 0 Å². The minimum absolute atomic E-state index is 0.00682. The Bertz CT molecular complexity index is 358. The Morgan fingerprint density at radius 2 is 1.76 bits per heavy atom. The molecule has 0 unspecified atom stereocenters. The van der Waals surface area contributed by atoms with Crippen LogP contribution in [0, 0.1) is 0 Å². The van der Waals surface area contributed by atoms with Gasteiger partial charge in [-0.05, 0) is 0 Å². The summed E-state index contributed by atoms with van der Waals surface area (Å²) in [5.41, 5.74) is 0.866.